The summed E-state index contributed by atoms with van der Waals surface area (Å²) in [6.45, 7) is 2.93. The molecule has 0 atom stereocenters. The molecule has 8 heavy (non-hydrogen) atoms. The third-order valence-corrected chi connectivity index (χ3v) is 1.55. The molecule has 0 amide bonds. The van der Waals surface area contributed by atoms with Crippen LogP contribution in [0.5, 0.6) is 0 Å². The molecule has 0 aliphatic rings. The molecule has 0 aromatic carbocycles. The minimum atomic E-state index is 0.893. The standard InChI is InChI=1S/C5H6BrN2/c1-2-8-5(6)3-4-7-8/h3H,2H2,1H3. The molecule has 0 fully saturated rings. The first-order chi connectivity index (χ1) is 3.84. The van der Waals surface area contributed by atoms with Crippen molar-refractivity contribution in [2.24, 2.45) is 0 Å². The Morgan fingerprint density at radius 2 is 2.75 bits per heavy atom. The lowest BCUT2D eigenvalue weighted by Crippen LogP contribution is -1.94. The van der Waals surface area contributed by atoms with Crippen LogP contribution < -0.4 is 0 Å². The molecular weight excluding hydrogens is 168 g/mol. The van der Waals surface area contributed by atoms with E-state index in [1.165, 1.54) is 0 Å². The summed E-state index contributed by atoms with van der Waals surface area (Å²) in [6, 6.07) is 1.80. The second-order valence-corrected chi connectivity index (χ2v) is 2.22. The van der Waals surface area contributed by atoms with Crippen molar-refractivity contribution < 1.29 is 0 Å². The van der Waals surface area contributed by atoms with E-state index in [-0.39, 0.29) is 0 Å². The zero-order chi connectivity index (χ0) is 5.98. The van der Waals surface area contributed by atoms with Crippen molar-refractivity contribution in [3.8, 4) is 0 Å². The summed E-state index contributed by atoms with van der Waals surface area (Å²) in [4.78, 5) is 0. The maximum atomic E-state index is 3.88. The maximum absolute atomic E-state index is 3.88. The van der Waals surface area contributed by atoms with Gasteiger partial charge in [-0.2, -0.15) is 5.10 Å². The summed E-state index contributed by atoms with van der Waals surface area (Å²) < 4.78 is 2.81. The summed E-state index contributed by atoms with van der Waals surface area (Å²) in [5, 5.41) is 3.88. The summed E-state index contributed by atoms with van der Waals surface area (Å²) in [6.07, 6.45) is 2.72. The van der Waals surface area contributed by atoms with Crippen molar-refractivity contribution in [3.05, 3.63) is 16.9 Å². The monoisotopic (exact) mass is 173 g/mol. The molecule has 0 saturated carbocycles. The fourth-order valence-corrected chi connectivity index (χ4v) is 0.928. The van der Waals surface area contributed by atoms with Crippen molar-refractivity contribution in [1.29, 1.82) is 0 Å². The molecular formula is C5H6BrN2. The van der Waals surface area contributed by atoms with Gasteiger partial charge >= 0.3 is 0 Å². The van der Waals surface area contributed by atoms with Gasteiger partial charge in [-0.15, -0.1) is 0 Å². The highest BCUT2D eigenvalue weighted by molar-refractivity contribution is 9.10. The lowest BCUT2D eigenvalue weighted by molar-refractivity contribution is 0.644. The van der Waals surface area contributed by atoms with E-state index in [0.29, 0.717) is 0 Å². The Labute approximate surface area is 56.6 Å². The van der Waals surface area contributed by atoms with Crippen molar-refractivity contribution in [3.63, 3.8) is 0 Å². The van der Waals surface area contributed by atoms with Gasteiger partial charge in [0.15, 0.2) is 0 Å². The molecule has 0 unspecified atom stereocenters. The Bertz CT molecular complexity index is 171. The number of rotatable bonds is 1. The first kappa shape index (κ1) is 5.82. The van der Waals surface area contributed by atoms with Crippen LogP contribution in [0.1, 0.15) is 6.92 Å². The molecule has 1 aromatic rings. The first-order valence-corrected chi connectivity index (χ1v) is 3.23. The third-order valence-electron chi connectivity index (χ3n) is 0.908. The van der Waals surface area contributed by atoms with Gasteiger partial charge < -0.3 is 0 Å². The van der Waals surface area contributed by atoms with Crippen LogP contribution in [0.25, 0.3) is 0 Å². The number of halogens is 1. The Balaban J connectivity index is 2.92. The second kappa shape index (κ2) is 2.31. The van der Waals surface area contributed by atoms with E-state index < -0.39 is 0 Å². The summed E-state index contributed by atoms with van der Waals surface area (Å²) in [5.74, 6) is 0. The van der Waals surface area contributed by atoms with Gasteiger partial charge in [0.05, 0.1) is 0 Å². The number of hydrogen-bond acceptors (Lipinski definition) is 1. The van der Waals surface area contributed by atoms with E-state index in [1.54, 1.807) is 6.07 Å². The molecule has 1 aromatic heterocycles. The van der Waals surface area contributed by atoms with Crippen molar-refractivity contribution >= 4 is 15.9 Å². The maximum Gasteiger partial charge on any atom is 0.114 e. The predicted octanol–water partition coefficient (Wildman–Crippen LogP) is 1.47. The van der Waals surface area contributed by atoms with Crippen LogP contribution in [0.4, 0.5) is 0 Å². The van der Waals surface area contributed by atoms with E-state index in [1.807, 2.05) is 11.6 Å². The SMILES string of the molecule is CCn1n[c]cc1Br. The van der Waals surface area contributed by atoms with Crippen LogP contribution in [0.2, 0.25) is 0 Å². The quantitative estimate of drug-likeness (QED) is 0.630. The molecule has 0 bridgehead atoms. The molecule has 3 heteroatoms. The van der Waals surface area contributed by atoms with Gasteiger partial charge in [0.2, 0.25) is 0 Å². The molecule has 0 spiro atoms. The lowest BCUT2D eigenvalue weighted by atomic mass is 10.7. The fraction of sp³-hybridized carbons (Fsp3) is 0.400. The predicted molar refractivity (Wildman–Crippen MR) is 34.4 cm³/mol. The Hall–Kier alpha value is -0.310. The zero-order valence-electron chi connectivity index (χ0n) is 4.56. The van der Waals surface area contributed by atoms with Crippen molar-refractivity contribution in [1.82, 2.24) is 9.78 Å². The highest BCUT2D eigenvalue weighted by Gasteiger charge is 1.91. The largest absolute Gasteiger partial charge is 0.258 e. The lowest BCUT2D eigenvalue weighted by Gasteiger charge is -1.93. The highest BCUT2D eigenvalue weighted by atomic mass is 79.9. The minimum Gasteiger partial charge on any atom is -0.258 e. The van der Waals surface area contributed by atoms with Gasteiger partial charge in [0.25, 0.3) is 0 Å². The van der Waals surface area contributed by atoms with Gasteiger partial charge in [-0.1, -0.05) is 0 Å². The molecule has 1 heterocycles. The van der Waals surface area contributed by atoms with Crippen LogP contribution in [0, 0.1) is 6.20 Å². The number of hydrogen-bond donors (Lipinski definition) is 0. The zero-order valence-corrected chi connectivity index (χ0v) is 6.14. The number of aromatic nitrogens is 2. The van der Waals surface area contributed by atoms with Crippen LogP contribution in [0.3, 0.4) is 0 Å². The molecule has 0 aliphatic heterocycles. The third kappa shape index (κ3) is 0.916. The average molecular weight is 174 g/mol. The van der Waals surface area contributed by atoms with Crippen LogP contribution in [-0.4, -0.2) is 9.78 Å². The van der Waals surface area contributed by atoms with Crippen LogP contribution >= 0.6 is 15.9 Å². The summed E-state index contributed by atoms with van der Waals surface area (Å²) >= 11 is 3.30. The van der Waals surface area contributed by atoms with E-state index in [9.17, 15) is 0 Å². The average Bonchev–Trinajstić information content (AvgIpc) is 2.14. The molecule has 2 nitrogen and oxygen atoms in total. The van der Waals surface area contributed by atoms with E-state index in [2.05, 4.69) is 27.2 Å². The van der Waals surface area contributed by atoms with Crippen LogP contribution in [-0.2, 0) is 6.54 Å². The normalized spacial score (nSPS) is 9.75. The molecule has 0 N–H and O–H groups in total. The summed E-state index contributed by atoms with van der Waals surface area (Å²) in [7, 11) is 0. The van der Waals surface area contributed by atoms with E-state index in [0.717, 1.165) is 11.1 Å². The number of nitrogens with zero attached hydrogens (tertiary/aromatic N) is 2. The molecule has 0 aliphatic carbocycles. The smallest absolute Gasteiger partial charge is 0.114 e. The van der Waals surface area contributed by atoms with Gasteiger partial charge in [-0.25, -0.2) is 0 Å². The Morgan fingerprint density at radius 3 is 3.00 bits per heavy atom. The molecule has 0 saturated heterocycles. The number of aryl methyl sites for hydroxylation is 1. The van der Waals surface area contributed by atoms with Crippen molar-refractivity contribution in [2.75, 3.05) is 0 Å². The van der Waals surface area contributed by atoms with Gasteiger partial charge in [0, 0.05) is 12.6 Å². The van der Waals surface area contributed by atoms with E-state index >= 15 is 0 Å². The van der Waals surface area contributed by atoms with Crippen molar-refractivity contribution in [2.45, 2.75) is 13.5 Å². The Morgan fingerprint density at radius 1 is 2.00 bits per heavy atom. The van der Waals surface area contributed by atoms with Gasteiger partial charge in [-0.05, 0) is 22.9 Å². The van der Waals surface area contributed by atoms with Gasteiger partial charge in [-0.3, -0.25) is 4.68 Å². The van der Waals surface area contributed by atoms with E-state index in [4.69, 9.17) is 0 Å². The van der Waals surface area contributed by atoms with Gasteiger partial charge in [0.1, 0.15) is 10.8 Å². The summed E-state index contributed by atoms with van der Waals surface area (Å²) in [5.41, 5.74) is 0. The Kier molecular flexibility index (Phi) is 1.68. The van der Waals surface area contributed by atoms with Crippen LogP contribution in [0.15, 0.2) is 10.7 Å². The molecule has 1 rings (SSSR count). The molecule has 43 valence electrons. The first-order valence-electron chi connectivity index (χ1n) is 2.44. The minimum absolute atomic E-state index is 0.893. The highest BCUT2D eigenvalue weighted by Crippen LogP contribution is 2.05. The fourth-order valence-electron chi connectivity index (χ4n) is 0.496. The topological polar surface area (TPSA) is 17.8 Å². The molecule has 1 radical (unpaired) electrons. The second-order valence-electron chi connectivity index (χ2n) is 1.41.